The van der Waals surface area contributed by atoms with E-state index in [0.717, 1.165) is 29.4 Å². The molecule has 1 atom stereocenters. The number of aliphatic hydroxyl groups is 1. The highest BCUT2D eigenvalue weighted by Gasteiger charge is 2.27. The summed E-state index contributed by atoms with van der Waals surface area (Å²) in [7, 11) is 0. The second-order valence-corrected chi connectivity index (χ2v) is 4.94. The number of aromatic amines is 1. The minimum Gasteiger partial charge on any atom is -0.393 e. The molecule has 0 aliphatic heterocycles. The van der Waals surface area contributed by atoms with Crippen molar-refractivity contribution in [3.05, 3.63) is 34.2 Å². The van der Waals surface area contributed by atoms with Crippen LogP contribution in [0.5, 0.6) is 0 Å². The Labute approximate surface area is 98.9 Å². The van der Waals surface area contributed by atoms with Crippen LogP contribution in [0.15, 0.2) is 23.0 Å². The molecule has 3 rings (SSSR count). The van der Waals surface area contributed by atoms with Gasteiger partial charge in [-0.2, -0.15) is 0 Å². The molecule has 1 aliphatic rings. The molecular weight excluding hydrogens is 216 g/mol. The van der Waals surface area contributed by atoms with Crippen molar-refractivity contribution in [1.29, 1.82) is 0 Å². The summed E-state index contributed by atoms with van der Waals surface area (Å²) >= 11 is 0. The summed E-state index contributed by atoms with van der Waals surface area (Å²) < 4.78 is 1.85. The maximum Gasteiger partial charge on any atom is 0.326 e. The van der Waals surface area contributed by atoms with Crippen molar-refractivity contribution in [2.45, 2.75) is 38.3 Å². The lowest BCUT2D eigenvalue weighted by molar-refractivity contribution is 0.195. The molecule has 17 heavy (non-hydrogen) atoms. The first-order valence-corrected chi connectivity index (χ1v) is 6.06. The summed E-state index contributed by atoms with van der Waals surface area (Å²) in [6.45, 7) is 1.77. The van der Waals surface area contributed by atoms with E-state index in [1.54, 1.807) is 6.92 Å². The first-order chi connectivity index (χ1) is 8.15. The van der Waals surface area contributed by atoms with Crippen molar-refractivity contribution >= 4 is 11.0 Å². The van der Waals surface area contributed by atoms with Crippen LogP contribution in [0.1, 0.15) is 31.4 Å². The lowest BCUT2D eigenvalue weighted by Crippen LogP contribution is -2.14. The molecule has 1 heterocycles. The van der Waals surface area contributed by atoms with E-state index in [9.17, 15) is 9.90 Å². The molecule has 1 saturated carbocycles. The smallest absolute Gasteiger partial charge is 0.326 e. The summed E-state index contributed by atoms with van der Waals surface area (Å²) in [5.41, 5.74) is 2.89. The van der Waals surface area contributed by atoms with Crippen molar-refractivity contribution in [1.82, 2.24) is 9.55 Å². The van der Waals surface area contributed by atoms with Gasteiger partial charge in [-0.15, -0.1) is 0 Å². The van der Waals surface area contributed by atoms with Gasteiger partial charge in [-0.1, -0.05) is 6.07 Å². The van der Waals surface area contributed by atoms with E-state index >= 15 is 0 Å². The molecule has 2 aromatic rings. The van der Waals surface area contributed by atoms with E-state index < -0.39 is 0 Å². The molecule has 1 unspecified atom stereocenters. The van der Waals surface area contributed by atoms with Crippen LogP contribution in [0.4, 0.5) is 0 Å². The van der Waals surface area contributed by atoms with E-state index in [-0.39, 0.29) is 11.8 Å². The molecule has 0 radical (unpaired) electrons. The molecule has 1 aromatic carbocycles. The number of benzene rings is 1. The van der Waals surface area contributed by atoms with Crippen molar-refractivity contribution in [3.63, 3.8) is 0 Å². The van der Waals surface area contributed by atoms with Crippen LogP contribution in [0.3, 0.4) is 0 Å². The van der Waals surface area contributed by atoms with Gasteiger partial charge in [0.2, 0.25) is 0 Å². The number of aromatic nitrogens is 2. The summed E-state index contributed by atoms with van der Waals surface area (Å²) in [5, 5.41) is 9.36. The number of hydrogen-bond acceptors (Lipinski definition) is 2. The number of nitrogens with zero attached hydrogens (tertiary/aromatic N) is 1. The molecule has 90 valence electrons. The van der Waals surface area contributed by atoms with Crippen molar-refractivity contribution in [2.75, 3.05) is 0 Å². The van der Waals surface area contributed by atoms with Gasteiger partial charge in [0, 0.05) is 6.04 Å². The van der Waals surface area contributed by atoms with Crippen LogP contribution in [-0.2, 0) is 6.42 Å². The first kappa shape index (κ1) is 10.6. The second-order valence-electron chi connectivity index (χ2n) is 4.94. The number of aliphatic hydroxyl groups excluding tert-OH is 1. The Morgan fingerprint density at radius 2 is 2.29 bits per heavy atom. The van der Waals surface area contributed by atoms with Gasteiger partial charge in [-0.25, -0.2) is 4.79 Å². The monoisotopic (exact) mass is 232 g/mol. The zero-order valence-electron chi connectivity index (χ0n) is 9.81. The van der Waals surface area contributed by atoms with Gasteiger partial charge in [0.15, 0.2) is 0 Å². The summed E-state index contributed by atoms with van der Waals surface area (Å²) in [5.74, 6) is 0. The highest BCUT2D eigenvalue weighted by atomic mass is 16.3. The van der Waals surface area contributed by atoms with Gasteiger partial charge in [0.1, 0.15) is 0 Å². The highest BCUT2D eigenvalue weighted by molar-refractivity contribution is 5.76. The van der Waals surface area contributed by atoms with Crippen LogP contribution in [0, 0.1) is 0 Å². The lowest BCUT2D eigenvalue weighted by Gasteiger charge is -2.05. The lowest BCUT2D eigenvalue weighted by atomic mass is 10.1. The summed E-state index contributed by atoms with van der Waals surface area (Å²) in [6.07, 6.45) is 2.46. The molecule has 2 N–H and O–H groups in total. The molecule has 1 aromatic heterocycles. The molecule has 0 amide bonds. The number of nitrogens with one attached hydrogen (secondary N) is 1. The zero-order valence-corrected chi connectivity index (χ0v) is 9.81. The molecule has 4 heteroatoms. The fraction of sp³-hybridized carbons (Fsp3) is 0.462. The van der Waals surface area contributed by atoms with Crippen molar-refractivity contribution < 1.29 is 5.11 Å². The predicted molar refractivity (Wildman–Crippen MR) is 66.2 cm³/mol. The Morgan fingerprint density at radius 1 is 1.53 bits per heavy atom. The van der Waals surface area contributed by atoms with Crippen LogP contribution in [0.25, 0.3) is 11.0 Å². The number of H-pyrrole nitrogens is 1. The van der Waals surface area contributed by atoms with Crippen LogP contribution >= 0.6 is 0 Å². The summed E-state index contributed by atoms with van der Waals surface area (Å²) in [4.78, 5) is 14.7. The Bertz CT molecular complexity index is 605. The highest BCUT2D eigenvalue weighted by Crippen LogP contribution is 2.35. The molecule has 1 fully saturated rings. The minimum atomic E-state index is -0.357. The molecule has 1 aliphatic carbocycles. The third kappa shape index (κ3) is 1.89. The Balaban J connectivity index is 2.09. The average Bonchev–Trinajstić information content (AvgIpc) is 3.00. The number of hydrogen-bond donors (Lipinski definition) is 2. The third-order valence-corrected chi connectivity index (χ3v) is 3.22. The van der Waals surface area contributed by atoms with E-state index in [1.807, 2.05) is 22.8 Å². The molecule has 0 saturated heterocycles. The average molecular weight is 232 g/mol. The van der Waals surface area contributed by atoms with E-state index in [1.165, 1.54) is 0 Å². The van der Waals surface area contributed by atoms with Crippen molar-refractivity contribution in [2.24, 2.45) is 0 Å². The topological polar surface area (TPSA) is 58.0 Å². The number of rotatable bonds is 3. The van der Waals surface area contributed by atoms with Crippen LogP contribution < -0.4 is 5.69 Å². The standard InChI is InChI=1S/C13H16N2O2/c1-8(16)6-9-2-5-12-11(7-9)14-13(17)15(12)10-3-4-10/h2,5,7-8,10,16H,3-4,6H2,1H3,(H,14,17). The Kier molecular flexibility index (Phi) is 2.33. The minimum absolute atomic E-state index is 0.0169. The fourth-order valence-corrected chi connectivity index (χ4v) is 2.34. The summed E-state index contributed by atoms with van der Waals surface area (Å²) in [6, 6.07) is 6.31. The largest absolute Gasteiger partial charge is 0.393 e. The van der Waals surface area contributed by atoms with Gasteiger partial charge in [-0.05, 0) is 43.9 Å². The first-order valence-electron chi connectivity index (χ1n) is 6.06. The van der Waals surface area contributed by atoms with Gasteiger partial charge < -0.3 is 10.1 Å². The molecule has 0 bridgehead atoms. The van der Waals surface area contributed by atoms with E-state index in [2.05, 4.69) is 4.98 Å². The van der Waals surface area contributed by atoms with Crippen molar-refractivity contribution in [3.8, 4) is 0 Å². The maximum atomic E-state index is 11.8. The van der Waals surface area contributed by atoms with Gasteiger partial charge in [-0.3, -0.25) is 4.57 Å². The molecule has 4 nitrogen and oxygen atoms in total. The molecule has 0 spiro atoms. The van der Waals surface area contributed by atoms with Crippen LogP contribution in [0.2, 0.25) is 0 Å². The van der Waals surface area contributed by atoms with Gasteiger partial charge in [0.25, 0.3) is 0 Å². The Morgan fingerprint density at radius 3 is 2.94 bits per heavy atom. The third-order valence-electron chi connectivity index (χ3n) is 3.22. The SMILES string of the molecule is CC(O)Cc1ccc2c(c1)[nH]c(=O)n2C1CC1. The fourth-order valence-electron chi connectivity index (χ4n) is 2.34. The second kappa shape index (κ2) is 3.74. The van der Waals surface area contributed by atoms with E-state index in [0.29, 0.717) is 12.5 Å². The van der Waals surface area contributed by atoms with Gasteiger partial charge >= 0.3 is 5.69 Å². The zero-order chi connectivity index (χ0) is 12.0. The number of imidazole rings is 1. The normalized spacial score (nSPS) is 17.5. The maximum absolute atomic E-state index is 11.8. The van der Waals surface area contributed by atoms with Crippen LogP contribution in [-0.4, -0.2) is 20.8 Å². The molecular formula is C13H16N2O2. The van der Waals surface area contributed by atoms with Gasteiger partial charge in [0.05, 0.1) is 17.1 Å². The number of fused-ring (bicyclic) bond motifs is 1. The predicted octanol–water partition coefficient (Wildman–Crippen LogP) is 1.59. The quantitative estimate of drug-likeness (QED) is 0.844. The Hall–Kier alpha value is -1.55. The van der Waals surface area contributed by atoms with E-state index in [4.69, 9.17) is 0 Å².